The molecule has 1 saturated carbocycles. The molecule has 0 amide bonds. The standard InChI is InChI=1S/C13H18N2S/c1-14-9-13(4-5-13)10-2-3-12-11(8-10)15-6-7-16-12/h2-3,8,14-15H,4-7,9H2,1H3. The zero-order valence-electron chi connectivity index (χ0n) is 9.68. The maximum absolute atomic E-state index is 3.50. The molecular weight excluding hydrogens is 216 g/mol. The van der Waals surface area contributed by atoms with Crippen molar-refractivity contribution < 1.29 is 0 Å². The molecule has 0 bridgehead atoms. The molecule has 16 heavy (non-hydrogen) atoms. The molecule has 0 aromatic heterocycles. The van der Waals surface area contributed by atoms with E-state index in [0.29, 0.717) is 5.41 Å². The van der Waals surface area contributed by atoms with Crippen LogP contribution in [0.5, 0.6) is 0 Å². The van der Waals surface area contributed by atoms with Crippen LogP contribution >= 0.6 is 11.8 Å². The van der Waals surface area contributed by atoms with Crippen molar-refractivity contribution in [2.75, 3.05) is 31.2 Å². The lowest BCUT2D eigenvalue weighted by Gasteiger charge is -2.21. The molecule has 1 aromatic carbocycles. The Bertz CT molecular complexity index is 399. The number of nitrogens with one attached hydrogen (secondary N) is 2. The number of anilines is 1. The van der Waals surface area contributed by atoms with Gasteiger partial charge in [0.15, 0.2) is 0 Å². The molecule has 1 heterocycles. The predicted molar refractivity (Wildman–Crippen MR) is 70.5 cm³/mol. The smallest absolute Gasteiger partial charge is 0.0481 e. The van der Waals surface area contributed by atoms with Gasteiger partial charge >= 0.3 is 0 Å². The molecule has 3 heteroatoms. The summed E-state index contributed by atoms with van der Waals surface area (Å²) in [7, 11) is 2.05. The van der Waals surface area contributed by atoms with Gasteiger partial charge in [-0.25, -0.2) is 0 Å². The topological polar surface area (TPSA) is 24.1 Å². The lowest BCUT2D eigenvalue weighted by molar-refractivity contribution is 0.624. The molecule has 1 aliphatic carbocycles. The summed E-state index contributed by atoms with van der Waals surface area (Å²) in [6.07, 6.45) is 2.67. The van der Waals surface area contributed by atoms with E-state index in [0.717, 1.165) is 13.1 Å². The summed E-state index contributed by atoms with van der Waals surface area (Å²) in [6, 6.07) is 6.98. The molecule has 1 aliphatic heterocycles. The van der Waals surface area contributed by atoms with Crippen LogP contribution < -0.4 is 10.6 Å². The summed E-state index contributed by atoms with van der Waals surface area (Å²) >= 11 is 1.96. The number of rotatable bonds is 3. The maximum atomic E-state index is 3.50. The van der Waals surface area contributed by atoms with Crippen molar-refractivity contribution in [3.05, 3.63) is 23.8 Å². The van der Waals surface area contributed by atoms with E-state index in [1.54, 1.807) is 0 Å². The van der Waals surface area contributed by atoms with Crippen LogP contribution in [0.2, 0.25) is 0 Å². The average molecular weight is 234 g/mol. The Morgan fingerprint density at radius 2 is 2.31 bits per heavy atom. The molecule has 0 radical (unpaired) electrons. The molecule has 0 unspecified atom stereocenters. The van der Waals surface area contributed by atoms with Crippen molar-refractivity contribution in [1.82, 2.24) is 5.32 Å². The van der Waals surface area contributed by atoms with Crippen molar-refractivity contribution in [2.24, 2.45) is 0 Å². The van der Waals surface area contributed by atoms with Crippen LogP contribution in [0.3, 0.4) is 0 Å². The Balaban J connectivity index is 1.91. The molecule has 1 fully saturated rings. The molecular formula is C13H18N2S. The zero-order valence-corrected chi connectivity index (χ0v) is 10.5. The van der Waals surface area contributed by atoms with Crippen molar-refractivity contribution in [1.29, 1.82) is 0 Å². The normalized spacial score (nSPS) is 21.1. The van der Waals surface area contributed by atoms with Gasteiger partial charge in [-0.1, -0.05) is 6.07 Å². The van der Waals surface area contributed by atoms with E-state index >= 15 is 0 Å². The number of thioether (sulfide) groups is 1. The fourth-order valence-corrected chi connectivity index (χ4v) is 3.40. The highest BCUT2D eigenvalue weighted by molar-refractivity contribution is 7.99. The van der Waals surface area contributed by atoms with Crippen LogP contribution in [0, 0.1) is 0 Å². The highest BCUT2D eigenvalue weighted by Gasteiger charge is 2.43. The Hall–Kier alpha value is -0.670. The van der Waals surface area contributed by atoms with E-state index in [1.807, 2.05) is 18.8 Å². The Kier molecular flexibility index (Phi) is 2.60. The van der Waals surface area contributed by atoms with Gasteiger partial charge in [-0.15, -0.1) is 11.8 Å². The van der Waals surface area contributed by atoms with Crippen molar-refractivity contribution in [3.63, 3.8) is 0 Å². The van der Waals surface area contributed by atoms with Gasteiger partial charge in [0.25, 0.3) is 0 Å². The summed E-state index contributed by atoms with van der Waals surface area (Å²) in [5.41, 5.74) is 3.29. The van der Waals surface area contributed by atoms with Gasteiger partial charge in [0.1, 0.15) is 0 Å². The fraction of sp³-hybridized carbons (Fsp3) is 0.538. The molecule has 2 nitrogen and oxygen atoms in total. The molecule has 0 saturated heterocycles. The van der Waals surface area contributed by atoms with Crippen LogP contribution in [0.25, 0.3) is 0 Å². The maximum Gasteiger partial charge on any atom is 0.0481 e. The first-order valence-corrected chi connectivity index (χ1v) is 6.98. The van der Waals surface area contributed by atoms with Crippen LogP contribution in [-0.2, 0) is 5.41 Å². The summed E-state index contributed by atoms with van der Waals surface area (Å²) < 4.78 is 0. The van der Waals surface area contributed by atoms with Crippen LogP contribution in [-0.4, -0.2) is 25.9 Å². The lowest BCUT2D eigenvalue weighted by Crippen LogP contribution is -2.24. The second kappa shape index (κ2) is 3.97. The van der Waals surface area contributed by atoms with E-state index in [-0.39, 0.29) is 0 Å². The zero-order chi connectivity index (χ0) is 11.0. The van der Waals surface area contributed by atoms with E-state index in [2.05, 4.69) is 28.8 Å². The molecule has 86 valence electrons. The van der Waals surface area contributed by atoms with E-state index in [9.17, 15) is 0 Å². The highest BCUT2D eigenvalue weighted by Crippen LogP contribution is 2.49. The lowest BCUT2D eigenvalue weighted by atomic mass is 9.95. The minimum atomic E-state index is 0.438. The first-order valence-electron chi connectivity index (χ1n) is 6.00. The Morgan fingerprint density at radius 3 is 3.06 bits per heavy atom. The summed E-state index contributed by atoms with van der Waals surface area (Å²) in [6.45, 7) is 2.21. The van der Waals surface area contributed by atoms with Gasteiger partial charge in [-0.05, 0) is 37.6 Å². The summed E-state index contributed by atoms with van der Waals surface area (Å²) in [5, 5.41) is 6.83. The quantitative estimate of drug-likeness (QED) is 0.840. The number of hydrogen-bond acceptors (Lipinski definition) is 3. The Labute approximate surface area is 101 Å². The third-order valence-corrected chi connectivity index (χ3v) is 4.71. The predicted octanol–water partition coefficient (Wildman–Crippen LogP) is 2.46. The summed E-state index contributed by atoms with van der Waals surface area (Å²) in [4.78, 5) is 1.41. The number of hydrogen-bond donors (Lipinski definition) is 2. The van der Waals surface area contributed by atoms with E-state index in [1.165, 1.54) is 34.7 Å². The largest absolute Gasteiger partial charge is 0.383 e. The van der Waals surface area contributed by atoms with E-state index in [4.69, 9.17) is 0 Å². The van der Waals surface area contributed by atoms with Gasteiger partial charge < -0.3 is 10.6 Å². The first-order chi connectivity index (χ1) is 7.84. The first kappa shape index (κ1) is 10.5. The van der Waals surface area contributed by atoms with Gasteiger partial charge in [0.05, 0.1) is 0 Å². The monoisotopic (exact) mass is 234 g/mol. The Morgan fingerprint density at radius 1 is 1.44 bits per heavy atom. The number of likely N-dealkylation sites (N-methyl/N-ethyl adjacent to an activating group) is 1. The number of benzene rings is 1. The van der Waals surface area contributed by atoms with Crippen molar-refractivity contribution >= 4 is 17.4 Å². The molecule has 2 N–H and O–H groups in total. The van der Waals surface area contributed by atoms with E-state index < -0.39 is 0 Å². The fourth-order valence-electron chi connectivity index (χ4n) is 2.53. The summed E-state index contributed by atoms with van der Waals surface area (Å²) in [5.74, 6) is 1.19. The second-order valence-corrected chi connectivity index (χ2v) is 5.93. The van der Waals surface area contributed by atoms with Crippen LogP contribution in [0.15, 0.2) is 23.1 Å². The SMILES string of the molecule is CNCC1(c2ccc3c(c2)NCCS3)CC1. The van der Waals surface area contributed by atoms with Crippen molar-refractivity contribution in [2.45, 2.75) is 23.2 Å². The molecule has 0 spiro atoms. The molecule has 3 rings (SSSR count). The molecule has 2 aliphatic rings. The highest BCUT2D eigenvalue weighted by atomic mass is 32.2. The third-order valence-electron chi connectivity index (χ3n) is 3.64. The second-order valence-electron chi connectivity index (χ2n) is 4.80. The van der Waals surface area contributed by atoms with Crippen molar-refractivity contribution in [3.8, 4) is 0 Å². The minimum Gasteiger partial charge on any atom is -0.383 e. The van der Waals surface area contributed by atoms with Crippen LogP contribution in [0.4, 0.5) is 5.69 Å². The van der Waals surface area contributed by atoms with Gasteiger partial charge in [0.2, 0.25) is 0 Å². The average Bonchev–Trinajstić information content (AvgIpc) is 3.10. The third kappa shape index (κ3) is 1.72. The molecule has 1 aromatic rings. The van der Waals surface area contributed by atoms with Gasteiger partial charge in [-0.2, -0.15) is 0 Å². The van der Waals surface area contributed by atoms with Gasteiger partial charge in [0, 0.05) is 34.8 Å². The van der Waals surface area contributed by atoms with Crippen LogP contribution in [0.1, 0.15) is 18.4 Å². The van der Waals surface area contributed by atoms with Gasteiger partial charge in [-0.3, -0.25) is 0 Å². The number of fused-ring (bicyclic) bond motifs is 1. The molecule has 0 atom stereocenters. The minimum absolute atomic E-state index is 0.438.